The van der Waals surface area contributed by atoms with Crippen LogP contribution in [-0.2, 0) is 0 Å². The standard InChI is InChI=1S/C14H7N3S/c1-8-17-13-11-5-3-2-4-10(11)12(14(13)18-8)9(6-15)7-16/h2-5H,1H3. The van der Waals surface area contributed by atoms with E-state index in [2.05, 4.69) is 4.98 Å². The topological polar surface area (TPSA) is 60.5 Å². The summed E-state index contributed by atoms with van der Waals surface area (Å²) in [6.45, 7) is 1.93. The van der Waals surface area contributed by atoms with Crippen LogP contribution in [0.3, 0.4) is 0 Å². The maximum Gasteiger partial charge on any atom is 0.139 e. The van der Waals surface area contributed by atoms with Gasteiger partial charge in [0.1, 0.15) is 17.7 Å². The van der Waals surface area contributed by atoms with E-state index >= 15 is 0 Å². The summed E-state index contributed by atoms with van der Waals surface area (Å²) in [5.74, 6) is 0. The second-order valence-electron chi connectivity index (χ2n) is 3.93. The average Bonchev–Trinajstić information content (AvgIpc) is 2.88. The van der Waals surface area contributed by atoms with Gasteiger partial charge in [0.15, 0.2) is 0 Å². The fourth-order valence-electron chi connectivity index (χ4n) is 2.19. The Bertz CT molecular complexity index is 753. The molecule has 0 spiro atoms. The summed E-state index contributed by atoms with van der Waals surface area (Å²) in [5.41, 5.74) is 3.73. The molecule has 0 fully saturated rings. The third-order valence-electron chi connectivity index (χ3n) is 2.89. The van der Waals surface area contributed by atoms with E-state index in [1.807, 2.05) is 43.3 Å². The first-order valence-electron chi connectivity index (χ1n) is 5.38. The van der Waals surface area contributed by atoms with Crippen molar-refractivity contribution in [2.75, 3.05) is 0 Å². The zero-order valence-corrected chi connectivity index (χ0v) is 10.4. The van der Waals surface area contributed by atoms with E-state index in [0.717, 1.165) is 32.3 Å². The van der Waals surface area contributed by atoms with Crippen LogP contribution in [0.15, 0.2) is 29.8 Å². The molecular weight excluding hydrogens is 242 g/mol. The first-order chi connectivity index (χ1) is 8.76. The predicted molar refractivity (Wildman–Crippen MR) is 69.5 cm³/mol. The Kier molecular flexibility index (Phi) is 2.26. The third-order valence-corrected chi connectivity index (χ3v) is 3.87. The molecule has 4 heteroatoms. The largest absolute Gasteiger partial charge is 0.241 e. The van der Waals surface area contributed by atoms with Crippen LogP contribution < -0.4 is 0 Å². The fourth-order valence-corrected chi connectivity index (χ4v) is 3.19. The van der Waals surface area contributed by atoms with Crippen LogP contribution in [0.5, 0.6) is 0 Å². The Morgan fingerprint density at radius 1 is 1.17 bits per heavy atom. The van der Waals surface area contributed by atoms with Gasteiger partial charge in [-0.3, -0.25) is 0 Å². The van der Waals surface area contributed by atoms with E-state index in [0.29, 0.717) is 0 Å². The number of hydrogen-bond donors (Lipinski definition) is 0. The van der Waals surface area contributed by atoms with Crippen LogP contribution in [0.2, 0.25) is 0 Å². The highest BCUT2D eigenvalue weighted by molar-refractivity contribution is 7.13. The molecule has 1 aromatic heterocycles. The molecule has 0 N–H and O–H groups in total. The summed E-state index contributed by atoms with van der Waals surface area (Å²) in [4.78, 5) is 5.44. The maximum absolute atomic E-state index is 9.10. The Labute approximate surface area is 108 Å². The molecule has 1 aliphatic carbocycles. The SMILES string of the molecule is Cc1nc2c(s1)C(=C(C#N)C#N)c1ccccc1-2. The Balaban J connectivity index is 2.46. The van der Waals surface area contributed by atoms with Crippen molar-refractivity contribution in [2.45, 2.75) is 6.92 Å². The van der Waals surface area contributed by atoms with Gasteiger partial charge in [-0.05, 0) is 12.5 Å². The molecule has 0 atom stereocenters. The van der Waals surface area contributed by atoms with Crippen molar-refractivity contribution in [3.8, 4) is 23.4 Å². The van der Waals surface area contributed by atoms with Gasteiger partial charge in [0.25, 0.3) is 0 Å². The van der Waals surface area contributed by atoms with Gasteiger partial charge < -0.3 is 0 Å². The summed E-state index contributed by atoms with van der Waals surface area (Å²) in [6, 6.07) is 11.7. The zero-order chi connectivity index (χ0) is 12.7. The first-order valence-corrected chi connectivity index (χ1v) is 6.20. The fraction of sp³-hybridized carbons (Fsp3) is 0.0714. The molecule has 0 aliphatic heterocycles. The smallest absolute Gasteiger partial charge is 0.139 e. The van der Waals surface area contributed by atoms with Gasteiger partial charge in [0, 0.05) is 11.1 Å². The molecule has 0 radical (unpaired) electrons. The van der Waals surface area contributed by atoms with Gasteiger partial charge in [-0.15, -0.1) is 11.3 Å². The van der Waals surface area contributed by atoms with E-state index in [1.54, 1.807) is 0 Å². The molecule has 1 aromatic carbocycles. The lowest BCUT2D eigenvalue weighted by Crippen LogP contribution is -1.85. The van der Waals surface area contributed by atoms with Crippen LogP contribution >= 0.6 is 11.3 Å². The minimum atomic E-state index is 0.157. The van der Waals surface area contributed by atoms with Gasteiger partial charge >= 0.3 is 0 Å². The molecule has 0 saturated carbocycles. The van der Waals surface area contributed by atoms with Crippen LogP contribution in [-0.4, -0.2) is 4.98 Å². The van der Waals surface area contributed by atoms with Gasteiger partial charge in [0.2, 0.25) is 0 Å². The second kappa shape index (κ2) is 3.80. The number of nitrogens with zero attached hydrogens (tertiary/aromatic N) is 3. The monoisotopic (exact) mass is 249 g/mol. The van der Waals surface area contributed by atoms with Crippen LogP contribution in [0.4, 0.5) is 0 Å². The average molecular weight is 249 g/mol. The highest BCUT2D eigenvalue weighted by Crippen LogP contribution is 2.47. The summed E-state index contributed by atoms with van der Waals surface area (Å²) >= 11 is 1.53. The van der Waals surface area contributed by atoms with Gasteiger partial charge in [-0.2, -0.15) is 10.5 Å². The molecule has 3 rings (SSSR count). The highest BCUT2D eigenvalue weighted by Gasteiger charge is 2.29. The lowest BCUT2D eigenvalue weighted by molar-refractivity contribution is 1.30. The van der Waals surface area contributed by atoms with Gasteiger partial charge in [-0.25, -0.2) is 4.98 Å². The summed E-state index contributed by atoms with van der Waals surface area (Å²) in [5, 5.41) is 19.1. The van der Waals surface area contributed by atoms with Gasteiger partial charge in [0.05, 0.1) is 15.6 Å². The number of rotatable bonds is 0. The van der Waals surface area contributed by atoms with E-state index in [9.17, 15) is 0 Å². The van der Waals surface area contributed by atoms with Crippen molar-refractivity contribution >= 4 is 16.9 Å². The van der Waals surface area contributed by atoms with Crippen LogP contribution in [0.25, 0.3) is 16.8 Å². The summed E-state index contributed by atoms with van der Waals surface area (Å²) in [6.07, 6.45) is 0. The van der Waals surface area contributed by atoms with E-state index in [1.165, 1.54) is 11.3 Å². The second-order valence-corrected chi connectivity index (χ2v) is 5.13. The normalized spacial score (nSPS) is 11.4. The number of allylic oxidation sites excluding steroid dienone is 1. The lowest BCUT2D eigenvalue weighted by Gasteiger charge is -2.00. The summed E-state index contributed by atoms with van der Waals surface area (Å²) < 4.78 is 0. The minimum absolute atomic E-state index is 0.157. The molecular formula is C14H7N3S. The molecule has 84 valence electrons. The molecule has 0 saturated heterocycles. The third kappa shape index (κ3) is 1.30. The highest BCUT2D eigenvalue weighted by atomic mass is 32.1. The molecule has 1 heterocycles. The Hall–Kier alpha value is -2.43. The van der Waals surface area contributed by atoms with E-state index in [-0.39, 0.29) is 5.57 Å². The molecule has 0 unspecified atom stereocenters. The van der Waals surface area contributed by atoms with Crippen LogP contribution in [0.1, 0.15) is 15.4 Å². The van der Waals surface area contributed by atoms with Crippen LogP contribution in [0, 0.1) is 29.6 Å². The predicted octanol–water partition coefficient (Wildman–Crippen LogP) is 3.28. The Morgan fingerprint density at radius 2 is 1.83 bits per heavy atom. The van der Waals surface area contributed by atoms with E-state index in [4.69, 9.17) is 10.5 Å². The number of aromatic nitrogens is 1. The summed E-state index contributed by atoms with van der Waals surface area (Å²) in [7, 11) is 0. The number of aryl methyl sites for hydroxylation is 1. The molecule has 2 aromatic rings. The molecule has 0 bridgehead atoms. The van der Waals surface area contributed by atoms with Crippen molar-refractivity contribution in [3.05, 3.63) is 45.3 Å². The minimum Gasteiger partial charge on any atom is -0.241 e. The maximum atomic E-state index is 9.10. The Morgan fingerprint density at radius 3 is 2.50 bits per heavy atom. The number of benzene rings is 1. The number of hydrogen-bond acceptors (Lipinski definition) is 4. The van der Waals surface area contributed by atoms with Crippen molar-refractivity contribution < 1.29 is 0 Å². The van der Waals surface area contributed by atoms with Crippen molar-refractivity contribution in [1.29, 1.82) is 10.5 Å². The quantitative estimate of drug-likeness (QED) is 0.574. The molecule has 18 heavy (non-hydrogen) atoms. The number of nitriles is 2. The van der Waals surface area contributed by atoms with Crippen molar-refractivity contribution in [3.63, 3.8) is 0 Å². The number of thiazole rings is 1. The molecule has 3 nitrogen and oxygen atoms in total. The first kappa shape index (κ1) is 10.7. The lowest BCUT2D eigenvalue weighted by atomic mass is 10.0. The van der Waals surface area contributed by atoms with E-state index < -0.39 is 0 Å². The molecule has 0 amide bonds. The van der Waals surface area contributed by atoms with Gasteiger partial charge in [-0.1, -0.05) is 24.3 Å². The molecule has 1 aliphatic rings. The zero-order valence-electron chi connectivity index (χ0n) is 9.56. The van der Waals surface area contributed by atoms with Crippen molar-refractivity contribution in [2.24, 2.45) is 0 Å². The van der Waals surface area contributed by atoms with Crippen molar-refractivity contribution in [1.82, 2.24) is 4.98 Å². The number of fused-ring (bicyclic) bond motifs is 3.